The lowest BCUT2D eigenvalue weighted by Gasteiger charge is -2.13. The molecule has 2 nitrogen and oxygen atoms in total. The maximum absolute atomic E-state index is 14.5. The van der Waals surface area contributed by atoms with Crippen molar-refractivity contribution in [1.82, 2.24) is 0 Å². The standard InChI is InChI=1S/C20H14F6O2/c1-2-27-14-5-3-11(4-6-14)12-7-13-9-16(22)19(28-10-20(24,25)26)18(23)17(13)15(21)8-12/h3-9H,2,10H2,1H3. The van der Waals surface area contributed by atoms with Crippen molar-refractivity contribution in [3.63, 3.8) is 0 Å². The molecule has 0 N–H and O–H groups in total. The summed E-state index contributed by atoms with van der Waals surface area (Å²) in [6.07, 6.45) is -4.79. The molecule has 0 radical (unpaired) electrons. The highest BCUT2D eigenvalue weighted by molar-refractivity contribution is 5.89. The number of fused-ring (bicyclic) bond motifs is 1. The van der Waals surface area contributed by atoms with Crippen molar-refractivity contribution in [2.75, 3.05) is 13.2 Å². The Labute approximate surface area is 156 Å². The Morgan fingerprint density at radius 1 is 0.821 bits per heavy atom. The van der Waals surface area contributed by atoms with Gasteiger partial charge in [-0.1, -0.05) is 12.1 Å². The van der Waals surface area contributed by atoms with E-state index < -0.39 is 41.4 Å². The van der Waals surface area contributed by atoms with Gasteiger partial charge in [0, 0.05) is 0 Å². The largest absolute Gasteiger partial charge is 0.494 e. The Bertz CT molecular complexity index is 996. The maximum Gasteiger partial charge on any atom is 0.422 e. The summed E-state index contributed by atoms with van der Waals surface area (Å²) in [5.74, 6) is -4.57. The summed E-state index contributed by atoms with van der Waals surface area (Å²) < 4.78 is 89.3. The Morgan fingerprint density at radius 2 is 1.50 bits per heavy atom. The van der Waals surface area contributed by atoms with Gasteiger partial charge >= 0.3 is 6.18 Å². The topological polar surface area (TPSA) is 18.5 Å². The van der Waals surface area contributed by atoms with E-state index in [0.717, 1.165) is 12.1 Å². The van der Waals surface area contributed by atoms with Gasteiger partial charge in [0.2, 0.25) is 0 Å². The minimum atomic E-state index is -4.79. The third-order valence-electron chi connectivity index (χ3n) is 3.92. The van der Waals surface area contributed by atoms with Crippen LogP contribution in [0, 0.1) is 17.5 Å². The van der Waals surface area contributed by atoms with Crippen LogP contribution in [0.2, 0.25) is 0 Å². The van der Waals surface area contributed by atoms with E-state index in [4.69, 9.17) is 4.74 Å². The van der Waals surface area contributed by atoms with E-state index in [2.05, 4.69) is 4.74 Å². The normalized spacial score (nSPS) is 11.7. The molecule has 0 saturated heterocycles. The van der Waals surface area contributed by atoms with Gasteiger partial charge in [-0.15, -0.1) is 0 Å². The number of ether oxygens (including phenoxy) is 2. The molecular weight excluding hydrogens is 386 g/mol. The molecule has 0 unspecified atom stereocenters. The molecule has 0 fully saturated rings. The van der Waals surface area contributed by atoms with E-state index in [-0.39, 0.29) is 5.39 Å². The van der Waals surface area contributed by atoms with Crippen LogP contribution >= 0.6 is 0 Å². The number of alkyl halides is 3. The third-order valence-corrected chi connectivity index (χ3v) is 3.92. The maximum atomic E-state index is 14.5. The van der Waals surface area contributed by atoms with Crippen LogP contribution in [0.15, 0.2) is 42.5 Å². The third kappa shape index (κ3) is 4.16. The smallest absolute Gasteiger partial charge is 0.422 e. The summed E-state index contributed by atoms with van der Waals surface area (Å²) >= 11 is 0. The van der Waals surface area contributed by atoms with Crippen molar-refractivity contribution < 1.29 is 35.8 Å². The van der Waals surface area contributed by atoms with Crippen molar-refractivity contribution in [1.29, 1.82) is 0 Å². The minimum absolute atomic E-state index is 0.141. The summed E-state index contributed by atoms with van der Waals surface area (Å²) in [6.45, 7) is 0.405. The second kappa shape index (κ2) is 7.61. The first kappa shape index (κ1) is 19.9. The molecular formula is C20H14F6O2. The molecule has 0 bridgehead atoms. The lowest BCUT2D eigenvalue weighted by Crippen LogP contribution is -2.20. The van der Waals surface area contributed by atoms with Gasteiger partial charge in [-0.3, -0.25) is 0 Å². The Hall–Kier alpha value is -2.90. The van der Waals surface area contributed by atoms with Crippen LogP contribution in [-0.4, -0.2) is 19.4 Å². The molecule has 3 aromatic carbocycles. The fourth-order valence-corrected chi connectivity index (χ4v) is 2.76. The van der Waals surface area contributed by atoms with Gasteiger partial charge in [0.1, 0.15) is 11.6 Å². The van der Waals surface area contributed by atoms with Crippen LogP contribution in [0.4, 0.5) is 26.3 Å². The molecule has 0 saturated carbocycles. The van der Waals surface area contributed by atoms with Gasteiger partial charge in [-0.25, -0.2) is 13.2 Å². The van der Waals surface area contributed by atoms with Crippen LogP contribution in [-0.2, 0) is 0 Å². The molecule has 0 aliphatic heterocycles. The molecule has 8 heteroatoms. The van der Waals surface area contributed by atoms with Gasteiger partial charge in [-0.05, 0) is 53.8 Å². The van der Waals surface area contributed by atoms with Crippen LogP contribution in [0.25, 0.3) is 21.9 Å². The van der Waals surface area contributed by atoms with Gasteiger partial charge in [0.15, 0.2) is 24.0 Å². The number of rotatable bonds is 5. The molecule has 3 rings (SSSR count). The summed E-state index contributed by atoms with van der Waals surface area (Å²) in [4.78, 5) is 0. The highest BCUT2D eigenvalue weighted by atomic mass is 19.4. The van der Waals surface area contributed by atoms with Crippen molar-refractivity contribution in [2.24, 2.45) is 0 Å². The van der Waals surface area contributed by atoms with E-state index in [9.17, 15) is 26.3 Å². The first-order valence-corrected chi connectivity index (χ1v) is 8.23. The van der Waals surface area contributed by atoms with Crippen LogP contribution in [0.1, 0.15) is 6.92 Å². The van der Waals surface area contributed by atoms with Crippen molar-refractivity contribution in [3.05, 3.63) is 59.9 Å². The van der Waals surface area contributed by atoms with E-state index in [1.807, 2.05) is 6.92 Å². The zero-order valence-electron chi connectivity index (χ0n) is 14.5. The minimum Gasteiger partial charge on any atom is -0.494 e. The van der Waals surface area contributed by atoms with Crippen molar-refractivity contribution in [2.45, 2.75) is 13.1 Å². The van der Waals surface area contributed by atoms with E-state index in [0.29, 0.717) is 23.5 Å². The summed E-state index contributed by atoms with van der Waals surface area (Å²) in [6, 6.07) is 9.73. The molecule has 0 aliphatic rings. The van der Waals surface area contributed by atoms with Gasteiger partial charge in [0.05, 0.1) is 12.0 Å². The number of benzene rings is 3. The van der Waals surface area contributed by atoms with Crippen LogP contribution in [0.5, 0.6) is 11.5 Å². The number of hydrogen-bond acceptors (Lipinski definition) is 2. The fourth-order valence-electron chi connectivity index (χ4n) is 2.76. The van der Waals surface area contributed by atoms with Gasteiger partial charge in [-0.2, -0.15) is 13.2 Å². The Morgan fingerprint density at radius 3 is 2.11 bits per heavy atom. The SMILES string of the molecule is CCOc1ccc(-c2cc(F)c3c(F)c(OCC(F)(F)F)c(F)cc3c2)cc1. The highest BCUT2D eigenvalue weighted by Gasteiger charge is 2.30. The molecule has 0 amide bonds. The van der Waals surface area contributed by atoms with Crippen molar-refractivity contribution in [3.8, 4) is 22.6 Å². The fraction of sp³-hybridized carbons (Fsp3) is 0.200. The molecule has 148 valence electrons. The predicted octanol–water partition coefficient (Wildman–Crippen LogP) is 6.26. The number of hydrogen-bond donors (Lipinski definition) is 0. The molecule has 0 aromatic heterocycles. The molecule has 0 aliphatic carbocycles. The van der Waals surface area contributed by atoms with Crippen LogP contribution in [0.3, 0.4) is 0 Å². The average Bonchev–Trinajstić information content (AvgIpc) is 2.60. The summed E-state index contributed by atoms with van der Waals surface area (Å²) in [5, 5.41) is -0.786. The van der Waals surface area contributed by atoms with E-state index in [1.165, 1.54) is 6.07 Å². The Balaban J connectivity index is 2.04. The second-order valence-electron chi connectivity index (χ2n) is 5.92. The van der Waals surface area contributed by atoms with Crippen molar-refractivity contribution >= 4 is 10.8 Å². The average molecular weight is 400 g/mol. The van der Waals surface area contributed by atoms with E-state index >= 15 is 0 Å². The quantitative estimate of drug-likeness (QED) is 0.471. The predicted molar refractivity (Wildman–Crippen MR) is 92.0 cm³/mol. The zero-order valence-corrected chi connectivity index (χ0v) is 14.5. The lowest BCUT2D eigenvalue weighted by molar-refractivity contribution is -0.154. The molecule has 0 atom stereocenters. The molecule has 28 heavy (non-hydrogen) atoms. The molecule has 0 heterocycles. The summed E-state index contributed by atoms with van der Waals surface area (Å²) in [7, 11) is 0. The highest BCUT2D eigenvalue weighted by Crippen LogP contribution is 2.35. The van der Waals surface area contributed by atoms with Gasteiger partial charge in [0.25, 0.3) is 0 Å². The first-order valence-electron chi connectivity index (χ1n) is 8.23. The Kier molecular flexibility index (Phi) is 5.40. The van der Waals surface area contributed by atoms with E-state index in [1.54, 1.807) is 24.3 Å². The summed E-state index contributed by atoms with van der Waals surface area (Å²) in [5.41, 5.74) is 0.915. The first-order chi connectivity index (χ1) is 13.2. The number of halogens is 6. The lowest BCUT2D eigenvalue weighted by atomic mass is 10.00. The van der Waals surface area contributed by atoms with Gasteiger partial charge < -0.3 is 9.47 Å². The van der Waals surface area contributed by atoms with Crippen LogP contribution < -0.4 is 9.47 Å². The zero-order chi connectivity index (χ0) is 20.5. The second-order valence-corrected chi connectivity index (χ2v) is 5.92. The molecule has 3 aromatic rings. The molecule has 0 spiro atoms. The monoisotopic (exact) mass is 400 g/mol.